The molecule has 0 N–H and O–H groups in total. The van der Waals surface area contributed by atoms with Crippen LogP contribution in [0.15, 0.2) is 42.5 Å². The Kier molecular flexibility index (Phi) is 6.57. The number of carbonyl (C=O) groups excluding carboxylic acids is 2. The molecule has 0 saturated heterocycles. The SMILES string of the molecule is COc1ccc(OC)c(C(=O)COC(=O)COCc2nc3ccccc3s2)c1. The van der Waals surface area contributed by atoms with Crippen LogP contribution >= 0.6 is 11.3 Å². The van der Waals surface area contributed by atoms with Gasteiger partial charge in [-0.15, -0.1) is 11.3 Å². The van der Waals surface area contributed by atoms with Gasteiger partial charge in [-0.1, -0.05) is 12.1 Å². The van der Waals surface area contributed by atoms with E-state index in [1.807, 2.05) is 24.3 Å². The van der Waals surface area contributed by atoms with Crippen molar-refractivity contribution in [2.75, 3.05) is 27.4 Å². The van der Waals surface area contributed by atoms with E-state index in [2.05, 4.69) is 4.98 Å². The summed E-state index contributed by atoms with van der Waals surface area (Å²) >= 11 is 1.50. The number of carbonyl (C=O) groups is 2. The Balaban J connectivity index is 1.48. The Hall–Kier alpha value is -2.97. The number of rotatable bonds is 9. The molecule has 0 amide bonds. The molecule has 0 saturated carbocycles. The number of methoxy groups -OCH3 is 2. The topological polar surface area (TPSA) is 84.0 Å². The van der Waals surface area contributed by atoms with Crippen LogP contribution in [-0.2, 0) is 20.9 Å². The molecule has 1 aromatic heterocycles. The highest BCUT2D eigenvalue weighted by atomic mass is 32.1. The van der Waals surface area contributed by atoms with E-state index in [1.165, 1.54) is 25.6 Å². The molecule has 3 rings (SSSR count). The van der Waals surface area contributed by atoms with E-state index in [0.29, 0.717) is 11.5 Å². The lowest BCUT2D eigenvalue weighted by molar-refractivity contribution is -0.148. The van der Waals surface area contributed by atoms with Gasteiger partial charge in [0.05, 0.1) is 36.6 Å². The van der Waals surface area contributed by atoms with Crippen LogP contribution in [0.5, 0.6) is 11.5 Å². The molecule has 2 aromatic carbocycles. The first kappa shape index (κ1) is 19.8. The number of nitrogens with zero attached hydrogens (tertiary/aromatic N) is 1. The van der Waals surface area contributed by atoms with Gasteiger partial charge in [0.1, 0.15) is 23.1 Å². The van der Waals surface area contributed by atoms with Gasteiger partial charge in [0.25, 0.3) is 0 Å². The van der Waals surface area contributed by atoms with Crippen LogP contribution < -0.4 is 9.47 Å². The lowest BCUT2D eigenvalue weighted by Gasteiger charge is -2.10. The maximum Gasteiger partial charge on any atom is 0.332 e. The van der Waals surface area contributed by atoms with Gasteiger partial charge in [-0.3, -0.25) is 4.79 Å². The van der Waals surface area contributed by atoms with Crippen LogP contribution in [0.2, 0.25) is 0 Å². The van der Waals surface area contributed by atoms with Gasteiger partial charge in [0.15, 0.2) is 6.61 Å². The van der Waals surface area contributed by atoms with Gasteiger partial charge in [-0.05, 0) is 30.3 Å². The Morgan fingerprint density at radius 3 is 2.61 bits per heavy atom. The van der Waals surface area contributed by atoms with Crippen molar-refractivity contribution in [1.82, 2.24) is 4.98 Å². The summed E-state index contributed by atoms with van der Waals surface area (Å²) in [5.41, 5.74) is 1.18. The highest BCUT2D eigenvalue weighted by Gasteiger charge is 2.16. The summed E-state index contributed by atoms with van der Waals surface area (Å²) in [6.45, 7) is -0.475. The molecule has 28 heavy (non-hydrogen) atoms. The quantitative estimate of drug-likeness (QED) is 0.402. The molecule has 0 unspecified atom stereocenters. The third kappa shape index (κ3) is 4.85. The number of fused-ring (bicyclic) bond motifs is 1. The second kappa shape index (κ2) is 9.29. The third-order valence-electron chi connectivity index (χ3n) is 3.85. The lowest BCUT2D eigenvalue weighted by atomic mass is 10.1. The smallest absolute Gasteiger partial charge is 0.332 e. The van der Waals surface area contributed by atoms with Gasteiger partial charge in [-0.25, -0.2) is 9.78 Å². The maximum absolute atomic E-state index is 12.3. The molecule has 7 nitrogen and oxygen atoms in total. The molecular weight excluding hydrogens is 382 g/mol. The number of ether oxygens (including phenoxy) is 4. The Morgan fingerprint density at radius 2 is 1.86 bits per heavy atom. The van der Waals surface area contributed by atoms with Crippen LogP contribution in [0.3, 0.4) is 0 Å². The Labute approximate surface area is 165 Å². The van der Waals surface area contributed by atoms with E-state index in [4.69, 9.17) is 18.9 Å². The Bertz CT molecular complexity index is 951. The predicted octanol–water partition coefficient (Wildman–Crippen LogP) is 3.26. The predicted molar refractivity (Wildman–Crippen MR) is 104 cm³/mol. The van der Waals surface area contributed by atoms with Gasteiger partial charge in [0.2, 0.25) is 5.78 Å². The number of Topliss-reactive ketones (excluding diaryl/α,β-unsaturated/α-hetero) is 1. The van der Waals surface area contributed by atoms with E-state index >= 15 is 0 Å². The third-order valence-corrected chi connectivity index (χ3v) is 4.86. The normalized spacial score (nSPS) is 10.6. The highest BCUT2D eigenvalue weighted by Crippen LogP contribution is 2.24. The van der Waals surface area contributed by atoms with Crippen molar-refractivity contribution in [1.29, 1.82) is 0 Å². The fourth-order valence-electron chi connectivity index (χ4n) is 2.50. The highest BCUT2D eigenvalue weighted by molar-refractivity contribution is 7.18. The summed E-state index contributed by atoms with van der Waals surface area (Å²) in [5, 5.41) is 0.770. The molecule has 1 heterocycles. The van der Waals surface area contributed by atoms with Crippen LogP contribution in [0.1, 0.15) is 15.4 Å². The minimum absolute atomic E-state index is 0.200. The first-order valence-electron chi connectivity index (χ1n) is 8.43. The fourth-order valence-corrected chi connectivity index (χ4v) is 3.41. The minimum Gasteiger partial charge on any atom is -0.497 e. The maximum atomic E-state index is 12.3. The van der Waals surface area contributed by atoms with Crippen LogP contribution in [0.25, 0.3) is 10.2 Å². The van der Waals surface area contributed by atoms with Crippen molar-refractivity contribution in [2.45, 2.75) is 6.61 Å². The average molecular weight is 401 g/mol. The van der Waals surface area contributed by atoms with Crippen molar-refractivity contribution in [3.63, 3.8) is 0 Å². The van der Waals surface area contributed by atoms with Crippen LogP contribution in [0.4, 0.5) is 0 Å². The number of hydrogen-bond donors (Lipinski definition) is 0. The fraction of sp³-hybridized carbons (Fsp3) is 0.250. The summed E-state index contributed by atoms with van der Waals surface area (Å²) in [6.07, 6.45) is 0. The van der Waals surface area contributed by atoms with Crippen molar-refractivity contribution in [3.8, 4) is 11.5 Å². The molecule has 0 spiro atoms. The summed E-state index contributed by atoms with van der Waals surface area (Å²) in [6, 6.07) is 12.6. The molecule has 0 radical (unpaired) electrons. The first-order valence-corrected chi connectivity index (χ1v) is 9.25. The number of ketones is 1. The summed E-state index contributed by atoms with van der Waals surface area (Å²) in [7, 11) is 2.96. The Morgan fingerprint density at radius 1 is 1.04 bits per heavy atom. The van der Waals surface area contributed by atoms with Crippen molar-refractivity contribution in [2.24, 2.45) is 0 Å². The molecule has 8 heteroatoms. The number of hydrogen-bond acceptors (Lipinski definition) is 8. The van der Waals surface area contributed by atoms with Gasteiger partial charge in [0, 0.05) is 0 Å². The van der Waals surface area contributed by atoms with Crippen molar-refractivity contribution in [3.05, 3.63) is 53.0 Å². The zero-order valence-corrected chi connectivity index (χ0v) is 16.3. The number of aromatic nitrogens is 1. The van der Waals surface area contributed by atoms with E-state index < -0.39 is 18.4 Å². The molecule has 0 atom stereocenters. The van der Waals surface area contributed by atoms with Crippen LogP contribution in [0, 0.1) is 0 Å². The van der Waals surface area contributed by atoms with Crippen molar-refractivity contribution >= 4 is 33.3 Å². The standard InChI is InChI=1S/C20H19NO6S/c1-24-13-7-8-17(25-2)14(9-13)16(22)10-27-20(23)12-26-11-19-21-15-5-3-4-6-18(15)28-19/h3-9H,10-12H2,1-2H3. The van der Waals surface area contributed by atoms with Crippen molar-refractivity contribution < 1.29 is 28.5 Å². The molecule has 0 aliphatic carbocycles. The largest absolute Gasteiger partial charge is 0.497 e. The van der Waals surface area contributed by atoms with E-state index in [1.54, 1.807) is 18.2 Å². The number of esters is 1. The second-order valence-electron chi connectivity index (χ2n) is 5.72. The zero-order chi connectivity index (χ0) is 19.9. The van der Waals surface area contributed by atoms with E-state index in [-0.39, 0.29) is 18.8 Å². The van der Waals surface area contributed by atoms with E-state index in [0.717, 1.165) is 15.2 Å². The summed E-state index contributed by atoms with van der Waals surface area (Å²) < 4.78 is 21.7. The summed E-state index contributed by atoms with van der Waals surface area (Å²) in [5.74, 6) is -0.129. The molecule has 3 aromatic rings. The summed E-state index contributed by atoms with van der Waals surface area (Å²) in [4.78, 5) is 28.6. The first-order chi connectivity index (χ1) is 13.6. The molecule has 0 aliphatic heterocycles. The minimum atomic E-state index is -0.628. The van der Waals surface area contributed by atoms with Gasteiger partial charge >= 0.3 is 5.97 Å². The monoisotopic (exact) mass is 401 g/mol. The molecule has 0 fully saturated rings. The number of para-hydroxylation sites is 1. The van der Waals surface area contributed by atoms with E-state index in [9.17, 15) is 9.59 Å². The second-order valence-corrected chi connectivity index (χ2v) is 6.83. The molecule has 146 valence electrons. The number of benzene rings is 2. The lowest BCUT2D eigenvalue weighted by Crippen LogP contribution is -2.18. The van der Waals surface area contributed by atoms with Gasteiger partial charge in [-0.2, -0.15) is 0 Å². The zero-order valence-electron chi connectivity index (χ0n) is 15.5. The molecular formula is C20H19NO6S. The van der Waals surface area contributed by atoms with Gasteiger partial charge < -0.3 is 18.9 Å². The molecule has 0 bridgehead atoms. The number of thiazole rings is 1. The van der Waals surface area contributed by atoms with Crippen LogP contribution in [-0.4, -0.2) is 44.2 Å². The molecule has 0 aliphatic rings. The average Bonchev–Trinajstić information content (AvgIpc) is 3.14.